The molecule has 1 atom stereocenters. The highest BCUT2D eigenvalue weighted by Gasteiger charge is 2.31. The summed E-state index contributed by atoms with van der Waals surface area (Å²) in [5, 5.41) is 29.4. The Morgan fingerprint density at radius 2 is 1.27 bits per heavy atom. The van der Waals surface area contributed by atoms with Gasteiger partial charge in [-0.15, -0.1) is 0 Å². The average molecular weight is 676 g/mol. The molecule has 0 spiro atoms. The number of benzene rings is 6. The third kappa shape index (κ3) is 4.38. The number of nitro benzene ring substituents is 2. The van der Waals surface area contributed by atoms with Gasteiger partial charge >= 0.3 is 0 Å². The number of nitrogens with zero attached hydrogens (tertiary/aromatic N) is 2. The number of rotatable bonds is 2. The van der Waals surface area contributed by atoms with Crippen LogP contribution in [0.25, 0.3) is 43.4 Å². The fourth-order valence-electron chi connectivity index (χ4n) is 4.93. The summed E-state index contributed by atoms with van der Waals surface area (Å²) in [6, 6.07) is 30.6. The highest BCUT2D eigenvalue weighted by molar-refractivity contribution is 9.11. The number of hydrogen-bond acceptors (Lipinski definition) is 5. The maximum Gasteiger partial charge on any atom is 0.284 e. The molecule has 1 aliphatic heterocycles. The molecule has 0 amide bonds. The van der Waals surface area contributed by atoms with Gasteiger partial charge in [-0.05, 0) is 87.9 Å². The molecule has 10 heteroatoms. The normalized spacial score (nSPS) is 13.5. The van der Waals surface area contributed by atoms with Gasteiger partial charge in [0.25, 0.3) is 11.4 Å². The molecule has 6 aromatic rings. The molecule has 1 unspecified atom stereocenters. The maximum absolute atomic E-state index is 12.4. The first-order valence-electron chi connectivity index (χ1n) is 11.9. The van der Waals surface area contributed by atoms with E-state index in [1.54, 1.807) is 0 Å². The number of fused-ring (bicyclic) bond motifs is 7. The molecule has 1 aliphatic rings. The van der Waals surface area contributed by atoms with E-state index >= 15 is 0 Å². The van der Waals surface area contributed by atoms with Crippen molar-refractivity contribution in [3.05, 3.63) is 126 Å². The van der Waals surface area contributed by atoms with Crippen molar-refractivity contribution in [2.24, 2.45) is 0 Å². The van der Waals surface area contributed by atoms with Crippen molar-refractivity contribution in [1.82, 2.24) is 0 Å². The molecule has 40 heavy (non-hydrogen) atoms. The molecule has 7 rings (SSSR count). The Morgan fingerprint density at radius 3 is 2.00 bits per heavy atom. The highest BCUT2D eigenvalue weighted by Crippen LogP contribution is 2.45. The standard InChI is InChI=1S/C18H11Br.C12H5BrN2O5S/c19-18-15-8-4-2-6-13(15)11-17-14-7-3-1-5-12(14)9-10-16(17)18;13-9-4-8-7-2-1-6(14(16)17)3-11(7)21(20)12(8)5-10(9)15(18)19/h1-11H;1-5H. The second-order valence-electron chi connectivity index (χ2n) is 9.06. The van der Waals surface area contributed by atoms with Gasteiger partial charge in [0.05, 0.1) is 34.9 Å². The van der Waals surface area contributed by atoms with E-state index in [9.17, 15) is 24.4 Å². The molecule has 0 aromatic heterocycles. The lowest BCUT2D eigenvalue weighted by molar-refractivity contribution is -0.385. The molecule has 1 heterocycles. The number of hydrogen-bond donors (Lipinski definition) is 0. The molecular formula is C30H16Br2N2O5S. The minimum Gasteiger partial charge on any atom is -0.258 e. The molecule has 0 saturated carbocycles. The van der Waals surface area contributed by atoms with Gasteiger partial charge in [0, 0.05) is 28.2 Å². The molecular weight excluding hydrogens is 660 g/mol. The van der Waals surface area contributed by atoms with Gasteiger partial charge in [0.2, 0.25) is 0 Å². The Labute approximate surface area is 246 Å². The maximum atomic E-state index is 12.4. The summed E-state index contributed by atoms with van der Waals surface area (Å²) in [6.07, 6.45) is 0. The fourth-order valence-corrected chi connectivity index (χ4v) is 7.56. The van der Waals surface area contributed by atoms with Crippen LogP contribution in [0.15, 0.2) is 116 Å². The van der Waals surface area contributed by atoms with Crippen molar-refractivity contribution in [2.45, 2.75) is 9.79 Å². The second-order valence-corrected chi connectivity index (χ2v) is 12.1. The van der Waals surface area contributed by atoms with Crippen molar-refractivity contribution >= 4 is 86.4 Å². The van der Waals surface area contributed by atoms with Crippen LogP contribution in [0.2, 0.25) is 0 Å². The van der Waals surface area contributed by atoms with Crippen LogP contribution in [0.3, 0.4) is 0 Å². The molecule has 6 aromatic carbocycles. The molecule has 7 nitrogen and oxygen atoms in total. The first-order chi connectivity index (χ1) is 19.2. The Balaban J connectivity index is 0.000000145. The fraction of sp³-hybridized carbons (Fsp3) is 0. The Hall–Kier alpha value is -3.99. The average Bonchev–Trinajstić information content (AvgIpc) is 3.23. The predicted octanol–water partition coefficient (Wildman–Crippen LogP) is 9.32. The largest absolute Gasteiger partial charge is 0.284 e. The SMILES string of the molecule is Brc1c2ccccc2cc2c1ccc1ccccc12.O=[N+]([O-])c1ccc2c(c1)S(=O)c1cc([N+](=O)[O-])c(Br)cc1-2. The summed E-state index contributed by atoms with van der Waals surface area (Å²) in [7, 11) is -1.66. The zero-order valence-corrected chi connectivity index (χ0v) is 24.3. The second kappa shape index (κ2) is 10.2. The van der Waals surface area contributed by atoms with Gasteiger partial charge in [0.1, 0.15) is 0 Å². The van der Waals surface area contributed by atoms with Crippen LogP contribution >= 0.6 is 31.9 Å². The van der Waals surface area contributed by atoms with Crippen molar-refractivity contribution in [3.63, 3.8) is 0 Å². The summed E-state index contributed by atoms with van der Waals surface area (Å²) >= 11 is 6.88. The van der Waals surface area contributed by atoms with Crippen molar-refractivity contribution < 1.29 is 14.1 Å². The first kappa shape index (κ1) is 26.2. The quantitative estimate of drug-likeness (QED) is 0.0786. The van der Waals surface area contributed by atoms with E-state index in [0.717, 1.165) is 0 Å². The molecule has 0 bridgehead atoms. The van der Waals surface area contributed by atoms with Crippen LogP contribution in [0, 0.1) is 20.2 Å². The lowest BCUT2D eigenvalue weighted by Gasteiger charge is -2.09. The molecule has 0 fully saturated rings. The lowest BCUT2D eigenvalue weighted by Crippen LogP contribution is -1.93. The van der Waals surface area contributed by atoms with Crippen LogP contribution in [-0.4, -0.2) is 14.1 Å². The van der Waals surface area contributed by atoms with E-state index in [0.29, 0.717) is 20.9 Å². The zero-order valence-electron chi connectivity index (χ0n) is 20.3. The van der Waals surface area contributed by atoms with E-state index in [1.807, 2.05) is 0 Å². The zero-order chi connectivity index (χ0) is 28.1. The third-order valence-corrected chi connectivity index (χ3v) is 9.78. The molecule has 0 saturated heterocycles. The van der Waals surface area contributed by atoms with Crippen LogP contribution in [-0.2, 0) is 10.8 Å². The molecule has 0 radical (unpaired) electrons. The number of nitro groups is 2. The van der Waals surface area contributed by atoms with E-state index in [-0.39, 0.29) is 15.8 Å². The van der Waals surface area contributed by atoms with Crippen molar-refractivity contribution in [2.75, 3.05) is 0 Å². The molecule has 0 aliphatic carbocycles. The van der Waals surface area contributed by atoms with Gasteiger partial charge in [-0.25, -0.2) is 4.21 Å². The number of halogens is 2. The van der Waals surface area contributed by atoms with Gasteiger partial charge < -0.3 is 0 Å². The smallest absolute Gasteiger partial charge is 0.258 e. The third-order valence-electron chi connectivity index (χ3n) is 6.82. The lowest BCUT2D eigenvalue weighted by atomic mass is 9.98. The van der Waals surface area contributed by atoms with Crippen molar-refractivity contribution in [3.8, 4) is 11.1 Å². The van der Waals surface area contributed by atoms with E-state index < -0.39 is 20.6 Å². The van der Waals surface area contributed by atoms with E-state index in [4.69, 9.17) is 0 Å². The Morgan fingerprint density at radius 1 is 0.600 bits per heavy atom. The Kier molecular flexibility index (Phi) is 6.69. The van der Waals surface area contributed by atoms with Gasteiger partial charge in [-0.2, -0.15) is 0 Å². The molecule has 0 N–H and O–H groups in total. The van der Waals surface area contributed by atoms with Crippen LogP contribution < -0.4 is 0 Å². The summed E-state index contributed by atoms with van der Waals surface area (Å²) in [5.41, 5.74) is 0.813. The summed E-state index contributed by atoms with van der Waals surface area (Å²) in [6.45, 7) is 0. The van der Waals surface area contributed by atoms with Crippen molar-refractivity contribution in [1.29, 1.82) is 0 Å². The van der Waals surface area contributed by atoms with Crippen LogP contribution in [0.1, 0.15) is 0 Å². The molecule has 196 valence electrons. The monoisotopic (exact) mass is 674 g/mol. The minimum absolute atomic E-state index is 0.163. The topological polar surface area (TPSA) is 103 Å². The van der Waals surface area contributed by atoms with E-state index in [2.05, 4.69) is 98.6 Å². The Bertz CT molecular complexity index is 2080. The van der Waals surface area contributed by atoms with E-state index in [1.165, 1.54) is 67.1 Å². The first-order valence-corrected chi connectivity index (χ1v) is 14.7. The van der Waals surface area contributed by atoms with Gasteiger partial charge in [-0.3, -0.25) is 20.2 Å². The summed E-state index contributed by atoms with van der Waals surface area (Å²) < 4.78 is 13.9. The summed E-state index contributed by atoms with van der Waals surface area (Å²) in [4.78, 5) is 21.2. The van der Waals surface area contributed by atoms with Crippen LogP contribution in [0.5, 0.6) is 0 Å². The summed E-state index contributed by atoms with van der Waals surface area (Å²) in [5.74, 6) is 0. The van der Waals surface area contributed by atoms with Crippen LogP contribution in [0.4, 0.5) is 11.4 Å². The van der Waals surface area contributed by atoms with Gasteiger partial charge in [-0.1, -0.05) is 60.7 Å². The number of non-ortho nitro benzene ring substituents is 1. The minimum atomic E-state index is -1.66. The predicted molar refractivity (Wildman–Crippen MR) is 164 cm³/mol. The van der Waals surface area contributed by atoms with Gasteiger partial charge in [0.15, 0.2) is 0 Å². The highest BCUT2D eigenvalue weighted by atomic mass is 79.9.